The molecule has 0 aliphatic carbocycles. The van der Waals surface area contributed by atoms with Crippen molar-refractivity contribution in [3.63, 3.8) is 0 Å². The van der Waals surface area contributed by atoms with Gasteiger partial charge in [-0.3, -0.25) is 0 Å². The van der Waals surface area contributed by atoms with Gasteiger partial charge in [0.25, 0.3) is 0 Å². The third-order valence-electron chi connectivity index (χ3n) is 20.6. The molecule has 12 rings (SSSR count). The number of phenolic OH excluding ortho intramolecular Hbond substituents is 12. The lowest BCUT2D eigenvalue weighted by atomic mass is 9.98. The molecule has 13 nitrogen and oxygen atoms in total. The Bertz CT molecular complexity index is 5450. The Kier molecular flexibility index (Phi) is 53.7. The fraction of sp³-hybridized carbons (Fsp3) is 0.351. The van der Waals surface area contributed by atoms with Gasteiger partial charge in [-0.2, -0.15) is 4.39 Å². The Labute approximate surface area is 816 Å². The molecule has 0 spiro atoms. The molecule has 0 saturated carbocycles. The van der Waals surface area contributed by atoms with Crippen LogP contribution in [-0.2, 0) is 0 Å². The summed E-state index contributed by atoms with van der Waals surface area (Å²) in [4.78, 5) is 0. The fourth-order valence-electron chi connectivity index (χ4n) is 12.0. The molecule has 138 heavy (non-hydrogen) atoms. The van der Waals surface area contributed by atoms with Crippen molar-refractivity contribution in [1.29, 1.82) is 0 Å². The zero-order chi connectivity index (χ0) is 106. The Morgan fingerprint density at radius 2 is 0.558 bits per heavy atom. The molecule has 12 aromatic rings. The van der Waals surface area contributed by atoms with E-state index in [1.165, 1.54) is 59.2 Å². The Balaban J connectivity index is 0.000000753. The van der Waals surface area contributed by atoms with Crippen molar-refractivity contribution in [2.24, 2.45) is 0 Å². The second-order valence-electron chi connectivity index (χ2n) is 35.8. The van der Waals surface area contributed by atoms with Crippen molar-refractivity contribution in [2.45, 2.75) is 251 Å². The van der Waals surface area contributed by atoms with Crippen molar-refractivity contribution in [3.8, 4) is 74.7 Å². The second kappa shape index (κ2) is 59.8. The summed E-state index contributed by atoms with van der Waals surface area (Å²) < 4.78 is 159. The van der Waals surface area contributed by atoms with Crippen LogP contribution in [0.1, 0.15) is 315 Å². The van der Waals surface area contributed by atoms with Gasteiger partial charge in [-0.05, 0) is 260 Å². The first-order valence-electron chi connectivity index (χ1n) is 44.7. The highest BCUT2D eigenvalue weighted by Crippen LogP contribution is 2.37. The van der Waals surface area contributed by atoms with Gasteiger partial charge in [0, 0.05) is 29.8 Å². The number of hydrogen-bond donors (Lipinski definition) is 12. The van der Waals surface area contributed by atoms with E-state index in [2.05, 4.69) is 55.4 Å². The second-order valence-corrected chi connectivity index (χ2v) is 36.6. The molecule has 27 heteroatoms. The maximum absolute atomic E-state index is 13.2. The summed E-state index contributed by atoms with van der Waals surface area (Å²) in [6, 6.07) is 46.8. The van der Waals surface area contributed by atoms with Gasteiger partial charge in [0.05, 0.1) is 12.1 Å². The molecule has 0 aliphatic rings. The minimum atomic E-state index is -1.17. The summed E-state index contributed by atoms with van der Waals surface area (Å²) in [5.74, 6) is -7.85. The average Bonchev–Trinajstić information content (AvgIpc) is 0.846. The Hall–Kier alpha value is -12.2. The first-order chi connectivity index (χ1) is 63.9. The van der Waals surface area contributed by atoms with E-state index < -0.39 is 81.2 Å². The molecule has 0 unspecified atom stereocenters. The molecular weight excluding hydrogens is 1840 g/mol. The lowest BCUT2D eigenvalue weighted by Gasteiger charge is -2.09. The first kappa shape index (κ1) is 124. The van der Waals surface area contributed by atoms with Crippen LogP contribution in [-0.4, -0.2) is 68.4 Å². The molecule has 0 atom stereocenters. The number of halogens is 14. The molecule has 0 bridgehead atoms. The van der Waals surface area contributed by atoms with Crippen molar-refractivity contribution >= 4 is 23.2 Å². The smallest absolute Gasteiger partial charge is 0.200 e. The predicted molar refractivity (Wildman–Crippen MR) is 532 cm³/mol. The van der Waals surface area contributed by atoms with Gasteiger partial charge >= 0.3 is 0 Å². The quantitative estimate of drug-likeness (QED) is 0.0481. The number of phenols is 12. The van der Waals surface area contributed by atoms with Crippen LogP contribution in [0.25, 0.3) is 0 Å². The average molecular weight is 1980 g/mol. The van der Waals surface area contributed by atoms with Crippen LogP contribution in [0.5, 0.6) is 74.7 Å². The summed E-state index contributed by atoms with van der Waals surface area (Å²) >= 11 is 11.2. The third-order valence-corrected chi connectivity index (χ3v) is 21.3. The van der Waals surface area contributed by atoms with Gasteiger partial charge in [0.2, 0.25) is 5.82 Å². The molecule has 12 N–H and O–H groups in total. The van der Waals surface area contributed by atoms with Gasteiger partial charge in [0.15, 0.2) is 75.1 Å². The van der Waals surface area contributed by atoms with Crippen LogP contribution in [0.15, 0.2) is 188 Å². The number of hydrogen-bond acceptors (Lipinski definition) is 13. The summed E-state index contributed by atoms with van der Waals surface area (Å²) in [7, 11) is 1.55. The predicted octanol–water partition coefficient (Wildman–Crippen LogP) is 33.8. The van der Waals surface area contributed by atoms with E-state index in [9.17, 15) is 62.9 Å². The zero-order valence-electron chi connectivity index (χ0n) is 83.4. The molecule has 0 fully saturated rings. The lowest BCUT2D eigenvalue weighted by Crippen LogP contribution is -1.97. The third kappa shape index (κ3) is 42.0. The normalized spacial score (nSPS) is 10.6. The SMILES string of the molecule is CC(C)c1c(F)cc(O)cc1F.CC(C)c1cc(F)c(O)c(F)c1.CC(C)c1cc(F)c(O)cc1F.CC(C)c1ccc(O)c(Cl)c1.CC(C)c1ccc(O)c(Cl)c1F.CC(C)c1ccc(O)c(F)c1.CC(C)c1ccc(O)c(F)c1F.CC(C)c1ccc(O)cc1.CC(C)c1ccc(O)cc1F.COc1cc(C(C)C)ccc1O.Cc1cc(C(C)C)ccc1O.Cc1cc(O)c(F)cc1C(C)C. The lowest BCUT2D eigenvalue weighted by molar-refractivity contribution is 0.372. The van der Waals surface area contributed by atoms with Gasteiger partial charge in [-0.1, -0.05) is 250 Å². The van der Waals surface area contributed by atoms with Crippen LogP contribution in [0.4, 0.5) is 52.7 Å². The van der Waals surface area contributed by atoms with Gasteiger partial charge in [0.1, 0.15) is 68.6 Å². The van der Waals surface area contributed by atoms with E-state index in [0.717, 1.165) is 76.3 Å². The van der Waals surface area contributed by atoms with Crippen molar-refractivity contribution in [1.82, 2.24) is 0 Å². The van der Waals surface area contributed by atoms with Crippen molar-refractivity contribution in [3.05, 3.63) is 346 Å². The number of aromatic hydroxyl groups is 12. The topological polar surface area (TPSA) is 252 Å². The molecule has 0 amide bonds. The Morgan fingerprint density at radius 1 is 0.217 bits per heavy atom. The van der Waals surface area contributed by atoms with Crippen molar-refractivity contribution in [2.75, 3.05) is 7.11 Å². The van der Waals surface area contributed by atoms with Crippen molar-refractivity contribution < 1.29 is 119 Å². The highest BCUT2D eigenvalue weighted by molar-refractivity contribution is 6.32. The number of rotatable bonds is 13. The van der Waals surface area contributed by atoms with E-state index in [-0.39, 0.29) is 103 Å². The molecule has 0 radical (unpaired) electrons. The number of methoxy groups -OCH3 is 1. The minimum absolute atomic E-state index is 0.0211. The number of ether oxygens (including phenoxy) is 1. The molecular formula is C111H136Cl2F12O13. The van der Waals surface area contributed by atoms with Crippen LogP contribution < -0.4 is 4.74 Å². The monoisotopic (exact) mass is 1970 g/mol. The van der Waals surface area contributed by atoms with E-state index in [1.807, 2.05) is 126 Å². The highest BCUT2D eigenvalue weighted by atomic mass is 35.5. The van der Waals surface area contributed by atoms with Gasteiger partial charge < -0.3 is 66.0 Å². The van der Waals surface area contributed by atoms with Crippen LogP contribution in [0, 0.1) is 83.7 Å². The van der Waals surface area contributed by atoms with E-state index in [1.54, 1.807) is 103 Å². The molecule has 12 aromatic carbocycles. The molecule has 0 aromatic heterocycles. The van der Waals surface area contributed by atoms with Gasteiger partial charge in [-0.15, -0.1) is 0 Å². The fourth-order valence-corrected chi connectivity index (χ4v) is 12.4. The summed E-state index contributed by atoms with van der Waals surface area (Å²) in [6.07, 6.45) is 0. The highest BCUT2D eigenvalue weighted by Gasteiger charge is 2.20. The largest absolute Gasteiger partial charge is 0.508 e. The molecule has 756 valence electrons. The van der Waals surface area contributed by atoms with E-state index >= 15 is 0 Å². The number of benzene rings is 12. The standard InChI is InChI=1S/C10H13FO.C10H14O2.C10H14O.C9H10ClFO.C9H11ClO.4C9H10F2O.2C9H11FO.C9H12O/c1-6(2)8-5-9(11)10(12)4-7(8)3;1-7(2)8-4-5-9(11)10(6-8)12-3;1-7(2)9-4-5-10(11)8(3)6-9;1-5(2)6-3-4-7(12)8(10)9(6)11;1-6(2)7-3-4-9(11)8(10)5-7;1-5(2)6-3-8(11)9(12)4-7(6)10;1-5(2)9-7(10)3-6(12)4-8(9)11;1-5(2)6-3-7(10)9(12)8(11)4-6;1-5(2)6-3-4-7(12)9(11)8(6)10;1-6(2)8-4-3-7(11)5-9(8)10;1-6(2)7-3-4-9(11)8(10)5-7;1-7(2)8-3-5-9(10)6-4-8/h4-6,12H,1-3H3;4-7,11H,1-3H3;4-7,11H,1-3H3;3-5,12H,1-2H3;3-6,11H,1-2H3;4*3-5,12H,1-2H3;2*3-6,11H,1-2H3;3-7,10H,1-2H3. The maximum atomic E-state index is 13.2. The number of aryl methyl sites for hydroxylation is 2. The Morgan fingerprint density at radius 3 is 0.971 bits per heavy atom. The van der Waals surface area contributed by atoms with Gasteiger partial charge in [-0.25, -0.2) is 48.3 Å². The van der Waals surface area contributed by atoms with E-state index in [4.69, 9.17) is 79.0 Å². The van der Waals surface area contributed by atoms with E-state index in [0.29, 0.717) is 74.5 Å². The summed E-state index contributed by atoms with van der Waals surface area (Å²) in [5, 5.41) is 108. The molecule has 0 aliphatic heterocycles. The van der Waals surface area contributed by atoms with Crippen LogP contribution >= 0.6 is 23.2 Å². The maximum Gasteiger partial charge on any atom is 0.200 e. The summed E-state index contributed by atoms with van der Waals surface area (Å²) in [6.45, 7) is 50.3. The first-order valence-corrected chi connectivity index (χ1v) is 45.5. The molecule has 0 saturated heterocycles. The zero-order valence-corrected chi connectivity index (χ0v) is 84.9. The minimum Gasteiger partial charge on any atom is -0.508 e. The molecule has 0 heterocycles. The summed E-state index contributed by atoms with van der Waals surface area (Å²) in [5.41, 5.74) is 10.9. The van der Waals surface area contributed by atoms with Crippen LogP contribution in [0.2, 0.25) is 10.0 Å². The van der Waals surface area contributed by atoms with Crippen LogP contribution in [0.3, 0.4) is 0 Å².